The summed E-state index contributed by atoms with van der Waals surface area (Å²) in [7, 11) is -4.27. The number of phosphoric ester groups is 1. The molecule has 0 fully saturated rings. The van der Waals surface area contributed by atoms with Crippen LogP contribution in [0, 0.1) is 0 Å². The Morgan fingerprint density at radius 3 is 1.44 bits per heavy atom. The van der Waals surface area contributed by atoms with E-state index in [9.17, 15) is 14.3 Å². The third-order valence-electron chi connectivity index (χ3n) is 9.81. The van der Waals surface area contributed by atoms with Gasteiger partial charge in [-0.3, -0.25) is 13.8 Å². The van der Waals surface area contributed by atoms with Crippen LogP contribution in [0.3, 0.4) is 0 Å². The Kier molecular flexibility index (Phi) is 42.8. The number of carbonyl (C=O) groups is 1. The summed E-state index contributed by atoms with van der Waals surface area (Å²) in [6, 6.07) is 0. The highest BCUT2D eigenvalue weighted by Gasteiger charge is 2.25. The van der Waals surface area contributed by atoms with Gasteiger partial charge in [-0.25, -0.2) is 4.57 Å². The molecule has 0 bridgehead atoms. The molecule has 0 aliphatic carbocycles. The molecule has 0 aliphatic heterocycles. The Balaban J connectivity index is 3.94. The Morgan fingerprint density at radius 1 is 0.545 bits per heavy atom. The van der Waals surface area contributed by atoms with Gasteiger partial charge in [-0.05, 0) is 51.4 Å². The van der Waals surface area contributed by atoms with E-state index in [2.05, 4.69) is 50.3 Å². The minimum absolute atomic E-state index is 0.0956. The number of phosphoric acid groups is 1. The van der Waals surface area contributed by atoms with Crippen molar-refractivity contribution in [1.82, 2.24) is 0 Å². The highest BCUT2D eigenvalue weighted by molar-refractivity contribution is 7.47. The van der Waals surface area contributed by atoms with Crippen molar-refractivity contribution in [3.63, 3.8) is 0 Å². The van der Waals surface area contributed by atoms with Gasteiger partial charge in [-0.2, -0.15) is 0 Å². The van der Waals surface area contributed by atoms with Crippen LogP contribution in [0.1, 0.15) is 213 Å². The second-order valence-electron chi connectivity index (χ2n) is 15.3. The van der Waals surface area contributed by atoms with E-state index in [1.165, 1.54) is 148 Å². The van der Waals surface area contributed by atoms with Crippen molar-refractivity contribution in [2.75, 3.05) is 33.0 Å². The zero-order valence-electron chi connectivity index (χ0n) is 35.9. The molecule has 0 rings (SSSR count). The molecule has 55 heavy (non-hydrogen) atoms. The number of unbranched alkanes of at least 4 members (excludes halogenated alkanes) is 25. The van der Waals surface area contributed by atoms with Crippen LogP contribution in [0.4, 0.5) is 0 Å². The van der Waals surface area contributed by atoms with E-state index >= 15 is 0 Å². The van der Waals surface area contributed by atoms with Crippen LogP contribution in [0.25, 0.3) is 0 Å². The quantitative estimate of drug-likeness (QED) is 0.0271. The maximum atomic E-state index is 12.6. The van der Waals surface area contributed by atoms with Gasteiger partial charge in [-0.1, -0.05) is 192 Å². The van der Waals surface area contributed by atoms with Crippen molar-refractivity contribution < 1.29 is 32.8 Å². The summed E-state index contributed by atoms with van der Waals surface area (Å²) in [5, 5.41) is 0. The van der Waals surface area contributed by atoms with Gasteiger partial charge in [0.2, 0.25) is 0 Å². The highest BCUT2D eigenvalue weighted by Crippen LogP contribution is 2.43. The lowest BCUT2D eigenvalue weighted by Crippen LogP contribution is -2.28. The molecule has 9 heteroatoms. The zero-order valence-corrected chi connectivity index (χ0v) is 36.8. The molecule has 0 heterocycles. The first-order valence-electron chi connectivity index (χ1n) is 23.0. The van der Waals surface area contributed by atoms with Gasteiger partial charge in [0, 0.05) is 19.6 Å². The molecule has 0 radical (unpaired) electrons. The number of allylic oxidation sites excluding steroid dienone is 6. The summed E-state index contributed by atoms with van der Waals surface area (Å²) < 4.78 is 33.4. The predicted molar refractivity (Wildman–Crippen MR) is 233 cm³/mol. The number of hydrogen-bond acceptors (Lipinski definition) is 7. The van der Waals surface area contributed by atoms with E-state index in [0.29, 0.717) is 13.0 Å². The van der Waals surface area contributed by atoms with Crippen molar-refractivity contribution in [2.24, 2.45) is 5.73 Å². The molecule has 324 valence electrons. The number of hydrogen-bond donors (Lipinski definition) is 2. The van der Waals surface area contributed by atoms with Crippen LogP contribution >= 0.6 is 7.82 Å². The lowest BCUT2D eigenvalue weighted by atomic mass is 10.0. The normalized spacial score (nSPS) is 13.7. The Morgan fingerprint density at radius 2 is 0.964 bits per heavy atom. The van der Waals surface area contributed by atoms with E-state index in [-0.39, 0.29) is 32.3 Å². The predicted octanol–water partition coefficient (Wildman–Crippen LogP) is 13.8. The number of carbonyl (C=O) groups excluding carboxylic acids is 1. The maximum absolute atomic E-state index is 12.6. The second-order valence-corrected chi connectivity index (χ2v) is 16.7. The summed E-state index contributed by atoms with van der Waals surface area (Å²) in [5.41, 5.74) is 5.37. The Hall–Kier alpha value is -1.28. The first-order chi connectivity index (χ1) is 26.9. The molecule has 3 N–H and O–H groups in total. The van der Waals surface area contributed by atoms with E-state index in [0.717, 1.165) is 44.9 Å². The molecule has 0 aromatic carbocycles. The molecule has 0 aromatic rings. The van der Waals surface area contributed by atoms with Crippen molar-refractivity contribution in [3.05, 3.63) is 36.5 Å². The zero-order chi connectivity index (χ0) is 40.2. The van der Waals surface area contributed by atoms with Crippen molar-refractivity contribution >= 4 is 13.8 Å². The maximum Gasteiger partial charge on any atom is 0.472 e. The summed E-state index contributed by atoms with van der Waals surface area (Å²) in [6.07, 6.45) is 50.2. The fourth-order valence-corrected chi connectivity index (χ4v) is 7.18. The minimum atomic E-state index is -4.27. The molecule has 0 spiro atoms. The van der Waals surface area contributed by atoms with Gasteiger partial charge in [0.25, 0.3) is 0 Å². The largest absolute Gasteiger partial charge is 0.472 e. The fourth-order valence-electron chi connectivity index (χ4n) is 6.42. The van der Waals surface area contributed by atoms with Crippen molar-refractivity contribution in [2.45, 2.75) is 219 Å². The summed E-state index contributed by atoms with van der Waals surface area (Å²) in [6.45, 7) is 4.91. The second kappa shape index (κ2) is 43.8. The van der Waals surface area contributed by atoms with Gasteiger partial charge in [0.05, 0.1) is 19.8 Å². The molecular formula is C46H88NO7P. The molecule has 0 saturated heterocycles. The third kappa shape index (κ3) is 43.7. The lowest BCUT2D eigenvalue weighted by Gasteiger charge is -2.20. The molecule has 0 amide bonds. The monoisotopic (exact) mass is 798 g/mol. The van der Waals surface area contributed by atoms with Crippen LogP contribution in [-0.2, 0) is 27.9 Å². The van der Waals surface area contributed by atoms with Crippen LogP contribution in [0.2, 0.25) is 0 Å². The first kappa shape index (κ1) is 53.7. The van der Waals surface area contributed by atoms with Crippen LogP contribution < -0.4 is 5.73 Å². The summed E-state index contributed by atoms with van der Waals surface area (Å²) in [5.74, 6) is -0.332. The number of nitrogens with two attached hydrogens (primary N) is 1. The Bertz CT molecular complexity index is 941. The van der Waals surface area contributed by atoms with E-state index < -0.39 is 13.9 Å². The van der Waals surface area contributed by atoms with Crippen LogP contribution in [0.15, 0.2) is 36.5 Å². The molecule has 2 atom stereocenters. The molecule has 8 nitrogen and oxygen atoms in total. The van der Waals surface area contributed by atoms with Crippen molar-refractivity contribution in [3.8, 4) is 0 Å². The lowest BCUT2D eigenvalue weighted by molar-refractivity contribution is -0.154. The van der Waals surface area contributed by atoms with E-state index in [1.54, 1.807) is 0 Å². The van der Waals surface area contributed by atoms with Crippen LogP contribution in [-0.4, -0.2) is 49.9 Å². The van der Waals surface area contributed by atoms with Crippen molar-refractivity contribution in [1.29, 1.82) is 0 Å². The minimum Gasteiger partial charge on any atom is -0.457 e. The molecule has 0 aliphatic rings. The average Bonchev–Trinajstić information content (AvgIpc) is 3.17. The van der Waals surface area contributed by atoms with E-state index in [1.807, 2.05) is 0 Å². The average molecular weight is 798 g/mol. The third-order valence-corrected chi connectivity index (χ3v) is 10.8. The fraction of sp³-hybridized carbons (Fsp3) is 0.848. The van der Waals surface area contributed by atoms with Gasteiger partial charge in [0.15, 0.2) is 0 Å². The smallest absolute Gasteiger partial charge is 0.457 e. The van der Waals surface area contributed by atoms with Gasteiger partial charge in [-0.15, -0.1) is 0 Å². The molecule has 0 aromatic heterocycles. The summed E-state index contributed by atoms with van der Waals surface area (Å²) >= 11 is 0. The highest BCUT2D eigenvalue weighted by atomic mass is 31.2. The van der Waals surface area contributed by atoms with Gasteiger partial charge < -0.3 is 20.1 Å². The van der Waals surface area contributed by atoms with E-state index in [4.69, 9.17) is 24.3 Å². The molecule has 0 saturated carbocycles. The molecular weight excluding hydrogens is 709 g/mol. The number of ether oxygens (including phenoxy) is 2. The Labute approximate surface area is 339 Å². The number of rotatable bonds is 44. The topological polar surface area (TPSA) is 117 Å². The van der Waals surface area contributed by atoms with Crippen LogP contribution in [0.5, 0.6) is 0 Å². The summed E-state index contributed by atoms with van der Waals surface area (Å²) in [4.78, 5) is 22.5. The van der Waals surface area contributed by atoms with Gasteiger partial charge >= 0.3 is 13.8 Å². The molecule has 2 unspecified atom stereocenters. The standard InChI is InChI=1S/C46H88NO7P/c1-3-5-7-9-11-13-15-17-18-19-20-21-22-23-24-25-26-27-28-30-32-34-36-38-41-51-43-45(44-53-55(49,50)52-42-40-47)54-46(48)39-37-35-33-31-29-16-14-12-10-8-6-4-2/h15,17,19-20,22-23,45H,3-14,16,18,21,24-44,47H2,1-2H3,(H,49,50)/b17-15-,20-19-,23-22-. The first-order valence-corrected chi connectivity index (χ1v) is 24.5. The SMILES string of the molecule is CCCCCCC/C=C\C/C=C\C/C=C\CCCCCCCCCCCOCC(COP(=O)(O)OCCN)OC(=O)CCCCCCCCCCCCCC. The van der Waals surface area contributed by atoms with Gasteiger partial charge in [0.1, 0.15) is 6.10 Å². The number of esters is 1.